The number of rotatable bonds is 7. The molecule has 5 heteroatoms. The van der Waals surface area contributed by atoms with Gasteiger partial charge in [0.15, 0.2) is 0 Å². The lowest BCUT2D eigenvalue weighted by molar-refractivity contribution is -0.176. The highest BCUT2D eigenvalue weighted by atomic mass is 16.7. The molecule has 0 unspecified atom stereocenters. The molecule has 0 atom stereocenters. The molecule has 146 valence electrons. The number of hydrogen-bond acceptors (Lipinski definition) is 4. The minimum atomic E-state index is -0.759. The van der Waals surface area contributed by atoms with Crippen LogP contribution in [0.1, 0.15) is 24.5 Å². The zero-order valence-electron chi connectivity index (χ0n) is 16.4. The maximum Gasteiger partial charge on any atom is 0.213 e. The SMILES string of the molecule is CCCc1cc(OC)ccc1-c1ccc(C2(Cn3ccnc3)OCCO2)cc1. The first-order chi connectivity index (χ1) is 13.7. The standard InChI is InChI=1S/C23H26N2O3/c1-3-4-19-15-21(26-2)9-10-22(19)18-5-7-20(8-6-18)23(27-13-14-28-23)16-25-12-11-24-17-25/h5-12,15,17H,3-4,13-14,16H2,1-2H3. The second-order valence-corrected chi connectivity index (χ2v) is 7.04. The average Bonchev–Trinajstić information content (AvgIpc) is 3.41. The van der Waals surface area contributed by atoms with Gasteiger partial charge in [-0.2, -0.15) is 0 Å². The van der Waals surface area contributed by atoms with Gasteiger partial charge in [0.05, 0.1) is 33.2 Å². The van der Waals surface area contributed by atoms with Crippen LogP contribution >= 0.6 is 0 Å². The average molecular weight is 378 g/mol. The van der Waals surface area contributed by atoms with Crippen LogP contribution in [0.5, 0.6) is 5.75 Å². The Morgan fingerprint density at radius 2 is 1.89 bits per heavy atom. The van der Waals surface area contributed by atoms with Gasteiger partial charge in [-0.3, -0.25) is 0 Å². The van der Waals surface area contributed by atoms with E-state index >= 15 is 0 Å². The van der Waals surface area contributed by atoms with E-state index in [1.54, 1.807) is 19.6 Å². The van der Waals surface area contributed by atoms with Crippen molar-refractivity contribution in [3.05, 3.63) is 72.3 Å². The second kappa shape index (κ2) is 8.17. The summed E-state index contributed by atoms with van der Waals surface area (Å²) in [6, 6.07) is 14.8. The zero-order valence-corrected chi connectivity index (χ0v) is 16.4. The fourth-order valence-corrected chi connectivity index (χ4v) is 3.78. The number of aryl methyl sites for hydroxylation is 1. The van der Waals surface area contributed by atoms with Crippen LogP contribution in [-0.4, -0.2) is 29.9 Å². The van der Waals surface area contributed by atoms with Crippen molar-refractivity contribution in [3.63, 3.8) is 0 Å². The number of methoxy groups -OCH3 is 1. The molecular weight excluding hydrogens is 352 g/mol. The number of aromatic nitrogens is 2. The van der Waals surface area contributed by atoms with E-state index in [1.165, 1.54) is 16.7 Å². The van der Waals surface area contributed by atoms with Gasteiger partial charge in [-0.1, -0.05) is 43.7 Å². The molecule has 28 heavy (non-hydrogen) atoms. The summed E-state index contributed by atoms with van der Waals surface area (Å²) >= 11 is 0. The van der Waals surface area contributed by atoms with Gasteiger partial charge in [0, 0.05) is 18.0 Å². The normalized spacial score (nSPS) is 15.6. The molecule has 0 aliphatic carbocycles. The highest BCUT2D eigenvalue weighted by Gasteiger charge is 2.39. The highest BCUT2D eigenvalue weighted by molar-refractivity contribution is 5.69. The Kier molecular flexibility index (Phi) is 5.46. The summed E-state index contributed by atoms with van der Waals surface area (Å²) in [5.74, 6) is 0.140. The Balaban J connectivity index is 1.65. The predicted molar refractivity (Wildman–Crippen MR) is 108 cm³/mol. The molecule has 5 nitrogen and oxygen atoms in total. The van der Waals surface area contributed by atoms with Gasteiger partial charge in [0.1, 0.15) is 5.75 Å². The number of benzene rings is 2. The fraction of sp³-hybridized carbons (Fsp3) is 0.348. The summed E-state index contributed by atoms with van der Waals surface area (Å²) in [5, 5.41) is 0. The van der Waals surface area contributed by atoms with E-state index in [-0.39, 0.29) is 0 Å². The first-order valence-corrected chi connectivity index (χ1v) is 9.75. The van der Waals surface area contributed by atoms with Crippen molar-refractivity contribution in [2.45, 2.75) is 32.1 Å². The lowest BCUT2D eigenvalue weighted by Crippen LogP contribution is -2.32. The number of nitrogens with zero attached hydrogens (tertiary/aromatic N) is 2. The van der Waals surface area contributed by atoms with Crippen LogP contribution in [0.2, 0.25) is 0 Å². The molecule has 2 heterocycles. The van der Waals surface area contributed by atoms with Crippen LogP contribution in [0.25, 0.3) is 11.1 Å². The Morgan fingerprint density at radius 3 is 2.54 bits per heavy atom. The van der Waals surface area contributed by atoms with Crippen LogP contribution < -0.4 is 4.74 Å². The predicted octanol–water partition coefficient (Wildman–Crippen LogP) is 4.41. The van der Waals surface area contributed by atoms with Crippen LogP contribution in [0, 0.1) is 0 Å². The minimum Gasteiger partial charge on any atom is -0.497 e. The third-order valence-corrected chi connectivity index (χ3v) is 5.17. The molecular formula is C23H26N2O3. The third-order valence-electron chi connectivity index (χ3n) is 5.17. The Bertz CT molecular complexity index is 898. The van der Waals surface area contributed by atoms with E-state index in [4.69, 9.17) is 14.2 Å². The Morgan fingerprint density at radius 1 is 1.11 bits per heavy atom. The number of hydrogen-bond donors (Lipinski definition) is 0. The molecule has 0 N–H and O–H groups in total. The molecule has 1 saturated heterocycles. The van der Waals surface area contributed by atoms with Crippen molar-refractivity contribution < 1.29 is 14.2 Å². The summed E-state index contributed by atoms with van der Waals surface area (Å²) in [6.07, 6.45) is 7.59. The van der Waals surface area contributed by atoms with E-state index < -0.39 is 5.79 Å². The van der Waals surface area contributed by atoms with Gasteiger partial charge in [0.25, 0.3) is 0 Å². The largest absolute Gasteiger partial charge is 0.497 e. The zero-order chi connectivity index (χ0) is 19.4. The van der Waals surface area contributed by atoms with E-state index in [0.29, 0.717) is 19.8 Å². The molecule has 0 amide bonds. The van der Waals surface area contributed by atoms with Gasteiger partial charge in [-0.05, 0) is 35.2 Å². The van der Waals surface area contributed by atoms with Crippen molar-refractivity contribution >= 4 is 0 Å². The molecule has 2 aromatic carbocycles. The van der Waals surface area contributed by atoms with E-state index in [1.807, 2.05) is 16.8 Å². The molecule has 1 aliphatic rings. The van der Waals surface area contributed by atoms with E-state index in [9.17, 15) is 0 Å². The molecule has 0 spiro atoms. The van der Waals surface area contributed by atoms with Crippen molar-refractivity contribution in [2.24, 2.45) is 0 Å². The van der Waals surface area contributed by atoms with Crippen molar-refractivity contribution in [2.75, 3.05) is 20.3 Å². The van der Waals surface area contributed by atoms with Gasteiger partial charge in [-0.15, -0.1) is 0 Å². The van der Waals surface area contributed by atoms with Crippen molar-refractivity contribution in [1.29, 1.82) is 0 Å². The van der Waals surface area contributed by atoms with E-state index in [0.717, 1.165) is 24.2 Å². The maximum absolute atomic E-state index is 6.05. The summed E-state index contributed by atoms with van der Waals surface area (Å²) in [6.45, 7) is 3.96. The van der Waals surface area contributed by atoms with Gasteiger partial charge >= 0.3 is 0 Å². The van der Waals surface area contributed by atoms with Gasteiger partial charge in [0.2, 0.25) is 5.79 Å². The molecule has 1 aliphatic heterocycles. The lowest BCUT2D eigenvalue weighted by Gasteiger charge is -2.28. The van der Waals surface area contributed by atoms with Gasteiger partial charge < -0.3 is 18.8 Å². The molecule has 0 saturated carbocycles. The fourth-order valence-electron chi connectivity index (χ4n) is 3.78. The van der Waals surface area contributed by atoms with Crippen LogP contribution in [0.3, 0.4) is 0 Å². The third kappa shape index (κ3) is 3.68. The Hall–Kier alpha value is -2.63. The monoisotopic (exact) mass is 378 g/mol. The first kappa shape index (κ1) is 18.7. The van der Waals surface area contributed by atoms with Crippen molar-refractivity contribution in [1.82, 2.24) is 9.55 Å². The van der Waals surface area contributed by atoms with Crippen LogP contribution in [0.15, 0.2) is 61.2 Å². The second-order valence-electron chi connectivity index (χ2n) is 7.04. The quantitative estimate of drug-likeness (QED) is 0.611. The molecule has 0 bridgehead atoms. The molecule has 0 radical (unpaired) electrons. The van der Waals surface area contributed by atoms with Crippen LogP contribution in [0.4, 0.5) is 0 Å². The van der Waals surface area contributed by atoms with Gasteiger partial charge in [-0.25, -0.2) is 4.98 Å². The summed E-state index contributed by atoms with van der Waals surface area (Å²) in [4.78, 5) is 4.13. The molecule has 3 aromatic rings. The smallest absolute Gasteiger partial charge is 0.213 e. The molecule has 1 fully saturated rings. The summed E-state index contributed by atoms with van der Waals surface area (Å²) in [5.41, 5.74) is 4.75. The maximum atomic E-state index is 6.05. The Labute approximate surface area is 165 Å². The summed E-state index contributed by atoms with van der Waals surface area (Å²) < 4.78 is 19.5. The van der Waals surface area contributed by atoms with Crippen molar-refractivity contribution in [3.8, 4) is 16.9 Å². The molecule has 1 aromatic heterocycles. The summed E-state index contributed by atoms with van der Waals surface area (Å²) in [7, 11) is 1.71. The topological polar surface area (TPSA) is 45.5 Å². The van der Waals surface area contributed by atoms with E-state index in [2.05, 4.69) is 48.3 Å². The molecule has 4 rings (SSSR count). The number of ether oxygens (including phenoxy) is 3. The minimum absolute atomic E-state index is 0.579. The number of imidazole rings is 1. The first-order valence-electron chi connectivity index (χ1n) is 9.75. The van der Waals surface area contributed by atoms with Crippen LogP contribution in [-0.2, 0) is 28.2 Å². The highest BCUT2D eigenvalue weighted by Crippen LogP contribution is 2.35. The lowest BCUT2D eigenvalue weighted by atomic mass is 9.94.